The van der Waals surface area contributed by atoms with Gasteiger partial charge >= 0.3 is 0 Å². The van der Waals surface area contributed by atoms with Crippen LogP contribution in [0.25, 0.3) is 11.1 Å². The van der Waals surface area contributed by atoms with Crippen molar-refractivity contribution in [2.45, 2.75) is 20.3 Å². The Bertz CT molecular complexity index is 1010. The molecule has 0 saturated carbocycles. The Morgan fingerprint density at radius 1 is 1.11 bits per heavy atom. The smallest absolute Gasteiger partial charge is 0.230 e. The minimum Gasteiger partial charge on any atom is -0.310 e. The van der Waals surface area contributed by atoms with Crippen LogP contribution in [0.1, 0.15) is 18.1 Å². The Balaban J connectivity index is 1.77. The summed E-state index contributed by atoms with van der Waals surface area (Å²) < 4.78 is 27.4. The molecule has 6 heteroatoms. The Hall–Kier alpha value is -3.41. The Labute approximate surface area is 162 Å². The fraction of sp³-hybridized carbons (Fsp3) is 0.136. The van der Waals surface area contributed by atoms with Gasteiger partial charge in [0.25, 0.3) is 0 Å². The maximum atomic E-state index is 13.7. The summed E-state index contributed by atoms with van der Waals surface area (Å²) in [6.45, 7) is 3.83. The van der Waals surface area contributed by atoms with E-state index in [0.29, 0.717) is 5.82 Å². The molecule has 0 unspecified atom stereocenters. The van der Waals surface area contributed by atoms with E-state index in [2.05, 4.69) is 15.3 Å². The zero-order valence-electron chi connectivity index (χ0n) is 15.5. The van der Waals surface area contributed by atoms with Crippen molar-refractivity contribution in [3.8, 4) is 11.1 Å². The lowest BCUT2D eigenvalue weighted by atomic mass is 10.0. The molecule has 0 aliphatic carbocycles. The zero-order valence-corrected chi connectivity index (χ0v) is 15.5. The summed E-state index contributed by atoms with van der Waals surface area (Å²) in [6.07, 6.45) is 2.95. The lowest BCUT2D eigenvalue weighted by Crippen LogP contribution is -2.17. The monoisotopic (exact) mass is 379 g/mol. The van der Waals surface area contributed by atoms with Crippen LogP contribution in [0.15, 0.2) is 59.7 Å². The number of amides is 1. The minimum atomic E-state index is -0.748. The van der Waals surface area contributed by atoms with Gasteiger partial charge in [-0.3, -0.25) is 9.79 Å². The van der Waals surface area contributed by atoms with Gasteiger partial charge in [0.05, 0.1) is 12.1 Å². The molecule has 1 amide bonds. The predicted molar refractivity (Wildman–Crippen MR) is 107 cm³/mol. The Morgan fingerprint density at radius 3 is 2.46 bits per heavy atom. The topological polar surface area (TPSA) is 54.4 Å². The van der Waals surface area contributed by atoms with Gasteiger partial charge in [0.1, 0.15) is 17.5 Å². The normalized spacial score (nSPS) is 11.0. The number of halogens is 2. The number of carbonyl (C=O) groups excluding carboxylic acids is 1. The van der Waals surface area contributed by atoms with Gasteiger partial charge in [-0.05, 0) is 43.7 Å². The average molecular weight is 379 g/mol. The fourth-order valence-electron chi connectivity index (χ4n) is 2.87. The van der Waals surface area contributed by atoms with Gasteiger partial charge in [-0.15, -0.1) is 0 Å². The average Bonchev–Trinajstić information content (AvgIpc) is 2.67. The summed E-state index contributed by atoms with van der Waals surface area (Å²) in [6, 6.07) is 12.8. The second-order valence-electron chi connectivity index (χ2n) is 6.22. The van der Waals surface area contributed by atoms with Crippen LogP contribution in [-0.4, -0.2) is 17.1 Å². The van der Waals surface area contributed by atoms with Crippen molar-refractivity contribution in [1.29, 1.82) is 0 Å². The van der Waals surface area contributed by atoms with Crippen LogP contribution in [0.5, 0.6) is 0 Å². The number of nitrogens with zero attached hydrogens (tertiary/aromatic N) is 2. The number of pyridine rings is 1. The summed E-state index contributed by atoms with van der Waals surface area (Å²) in [5, 5.41) is 2.56. The molecule has 0 atom stereocenters. The van der Waals surface area contributed by atoms with Gasteiger partial charge in [0.2, 0.25) is 5.91 Å². The zero-order chi connectivity index (χ0) is 20.1. The van der Waals surface area contributed by atoms with E-state index in [9.17, 15) is 13.6 Å². The van der Waals surface area contributed by atoms with E-state index in [0.717, 1.165) is 34.5 Å². The van der Waals surface area contributed by atoms with Crippen molar-refractivity contribution in [3.05, 3.63) is 77.5 Å². The van der Waals surface area contributed by atoms with Crippen LogP contribution in [0.4, 0.5) is 20.3 Å². The number of rotatable bonds is 5. The summed E-state index contributed by atoms with van der Waals surface area (Å²) >= 11 is 0. The highest BCUT2D eigenvalue weighted by molar-refractivity contribution is 5.91. The molecule has 1 N–H and O–H groups in total. The van der Waals surface area contributed by atoms with Gasteiger partial charge in [0, 0.05) is 29.1 Å². The van der Waals surface area contributed by atoms with Crippen LogP contribution in [0, 0.1) is 18.6 Å². The van der Waals surface area contributed by atoms with E-state index in [1.807, 2.05) is 38.1 Å². The first-order valence-electron chi connectivity index (χ1n) is 8.77. The third kappa shape index (κ3) is 4.28. The molecule has 0 bridgehead atoms. The lowest BCUT2D eigenvalue weighted by Gasteiger charge is -2.10. The van der Waals surface area contributed by atoms with E-state index in [1.165, 1.54) is 6.07 Å². The van der Waals surface area contributed by atoms with Gasteiger partial charge < -0.3 is 5.32 Å². The van der Waals surface area contributed by atoms with E-state index in [-0.39, 0.29) is 5.56 Å². The van der Waals surface area contributed by atoms with Crippen LogP contribution in [0.3, 0.4) is 0 Å². The van der Waals surface area contributed by atoms with Crippen LogP contribution in [-0.2, 0) is 11.2 Å². The number of aromatic nitrogens is 1. The molecule has 2 aromatic carbocycles. The molecule has 0 radical (unpaired) electrons. The Kier molecular flexibility index (Phi) is 5.89. The molecule has 3 rings (SSSR count). The number of para-hydroxylation sites is 1. The number of benzene rings is 2. The van der Waals surface area contributed by atoms with Crippen molar-refractivity contribution in [3.63, 3.8) is 0 Å². The van der Waals surface area contributed by atoms with Crippen molar-refractivity contribution >= 4 is 23.6 Å². The van der Waals surface area contributed by atoms with E-state index >= 15 is 0 Å². The highest BCUT2D eigenvalue weighted by atomic mass is 19.1. The van der Waals surface area contributed by atoms with Crippen LogP contribution in [0.2, 0.25) is 0 Å². The number of aliphatic imine (C=N–C) groups is 1. The first-order chi connectivity index (χ1) is 13.5. The van der Waals surface area contributed by atoms with Crippen molar-refractivity contribution in [1.82, 2.24) is 4.98 Å². The third-order valence-electron chi connectivity index (χ3n) is 4.24. The molecule has 142 valence electrons. The largest absolute Gasteiger partial charge is 0.310 e. The van der Waals surface area contributed by atoms with E-state index in [4.69, 9.17) is 0 Å². The molecule has 1 aromatic heterocycles. The van der Waals surface area contributed by atoms with Gasteiger partial charge in [-0.1, -0.05) is 24.3 Å². The molecule has 0 fully saturated rings. The van der Waals surface area contributed by atoms with Gasteiger partial charge in [-0.2, -0.15) is 0 Å². The number of anilines is 1. The highest BCUT2D eigenvalue weighted by Crippen LogP contribution is 2.33. The third-order valence-corrected chi connectivity index (χ3v) is 4.24. The highest BCUT2D eigenvalue weighted by Gasteiger charge is 2.14. The molecule has 28 heavy (non-hydrogen) atoms. The van der Waals surface area contributed by atoms with Crippen molar-refractivity contribution < 1.29 is 13.6 Å². The van der Waals surface area contributed by atoms with Gasteiger partial charge in [-0.25, -0.2) is 13.8 Å². The summed E-state index contributed by atoms with van der Waals surface area (Å²) in [5.74, 6) is -1.74. The van der Waals surface area contributed by atoms with Crippen LogP contribution >= 0.6 is 0 Å². The summed E-state index contributed by atoms with van der Waals surface area (Å²) in [5.41, 5.74) is 3.41. The SMILES string of the molecule is CC=Nc1c(C)cccc1-c1ccc(NC(=O)Cc2c(F)cccc2F)nc1. The molecular weight excluding hydrogens is 360 g/mol. The molecule has 0 aliphatic heterocycles. The van der Waals surface area contributed by atoms with E-state index < -0.39 is 24.0 Å². The number of nitrogens with one attached hydrogen (secondary N) is 1. The lowest BCUT2D eigenvalue weighted by molar-refractivity contribution is -0.115. The molecule has 0 saturated heterocycles. The molecule has 1 heterocycles. The standard InChI is InChI=1S/C22H19F2N3O/c1-3-25-22-14(2)6-4-7-16(22)15-10-11-20(26-13-15)27-21(28)12-17-18(23)8-5-9-19(17)24/h3-11,13H,12H2,1-2H3,(H,26,27,28). The minimum absolute atomic E-state index is 0.265. The number of hydrogen-bond acceptors (Lipinski definition) is 3. The molecule has 0 aliphatic rings. The molecular formula is C22H19F2N3O. The first kappa shape index (κ1) is 19.4. The fourth-order valence-corrected chi connectivity index (χ4v) is 2.87. The number of hydrogen-bond donors (Lipinski definition) is 1. The summed E-state index contributed by atoms with van der Waals surface area (Å²) in [4.78, 5) is 20.8. The number of carbonyl (C=O) groups is 1. The quantitative estimate of drug-likeness (QED) is 0.617. The molecule has 3 aromatic rings. The van der Waals surface area contributed by atoms with Gasteiger partial charge in [0.15, 0.2) is 0 Å². The summed E-state index contributed by atoms with van der Waals surface area (Å²) in [7, 11) is 0. The van der Waals surface area contributed by atoms with Crippen LogP contribution < -0.4 is 5.32 Å². The van der Waals surface area contributed by atoms with Crippen molar-refractivity contribution in [2.24, 2.45) is 4.99 Å². The van der Waals surface area contributed by atoms with E-state index in [1.54, 1.807) is 18.5 Å². The number of aryl methyl sites for hydroxylation is 1. The first-order valence-corrected chi connectivity index (χ1v) is 8.77. The maximum absolute atomic E-state index is 13.7. The predicted octanol–water partition coefficient (Wildman–Crippen LogP) is 5.24. The molecule has 0 spiro atoms. The second kappa shape index (κ2) is 8.52. The maximum Gasteiger partial charge on any atom is 0.230 e. The van der Waals surface area contributed by atoms with Crippen molar-refractivity contribution in [2.75, 3.05) is 5.32 Å². The second-order valence-corrected chi connectivity index (χ2v) is 6.22. The molecule has 4 nitrogen and oxygen atoms in total. The Morgan fingerprint density at radius 2 is 1.82 bits per heavy atom.